The molecule has 0 bridgehead atoms. The van der Waals surface area contributed by atoms with Crippen LogP contribution < -0.4 is 10.9 Å². The Balaban J connectivity index is 2.24. The van der Waals surface area contributed by atoms with Gasteiger partial charge in [0, 0.05) is 18.9 Å². The van der Waals surface area contributed by atoms with Crippen LogP contribution in [0.25, 0.3) is 5.65 Å². The van der Waals surface area contributed by atoms with Crippen LogP contribution in [0.1, 0.15) is 36.7 Å². The van der Waals surface area contributed by atoms with E-state index in [-0.39, 0.29) is 17.5 Å². The Hall–Kier alpha value is -2.21. The van der Waals surface area contributed by atoms with Crippen LogP contribution in [0.2, 0.25) is 0 Å². The van der Waals surface area contributed by atoms with E-state index in [9.17, 15) is 14.7 Å². The molecule has 0 radical (unpaired) electrons. The van der Waals surface area contributed by atoms with Crippen molar-refractivity contribution >= 4 is 11.6 Å². The summed E-state index contributed by atoms with van der Waals surface area (Å²) in [7, 11) is 0. The summed E-state index contributed by atoms with van der Waals surface area (Å²) in [5.41, 5.74) is 0.672. The van der Waals surface area contributed by atoms with E-state index in [1.807, 2.05) is 27.7 Å². The molecule has 2 rings (SSSR count). The van der Waals surface area contributed by atoms with Crippen molar-refractivity contribution < 1.29 is 9.90 Å². The number of aliphatic hydroxyl groups excluding tert-OH is 1. The molecule has 22 heavy (non-hydrogen) atoms. The standard InChI is InChI=1S/C16H21N3O3/c1-10-5-6-19-13(7-10)17-8-11(15(19)22)14(21)18-9-12(20)16(2,3)4/h5-8,12,20H,9H2,1-4H3,(H,18,21). The van der Waals surface area contributed by atoms with E-state index in [1.165, 1.54) is 10.6 Å². The van der Waals surface area contributed by atoms with Crippen LogP contribution in [-0.4, -0.2) is 33.0 Å². The van der Waals surface area contributed by atoms with E-state index in [1.54, 1.807) is 18.3 Å². The number of carbonyl (C=O) groups is 1. The molecule has 6 nitrogen and oxygen atoms in total. The normalized spacial score (nSPS) is 13.1. The number of hydrogen-bond donors (Lipinski definition) is 2. The summed E-state index contributed by atoms with van der Waals surface area (Å²) in [6, 6.07) is 3.55. The van der Waals surface area contributed by atoms with Gasteiger partial charge in [0.05, 0.1) is 6.10 Å². The van der Waals surface area contributed by atoms with Crippen molar-refractivity contribution in [2.75, 3.05) is 6.54 Å². The number of amides is 1. The number of nitrogens with zero attached hydrogens (tertiary/aromatic N) is 2. The van der Waals surface area contributed by atoms with Gasteiger partial charge in [0.1, 0.15) is 11.2 Å². The fraction of sp³-hybridized carbons (Fsp3) is 0.438. The van der Waals surface area contributed by atoms with Crippen molar-refractivity contribution in [3.8, 4) is 0 Å². The Labute approximate surface area is 128 Å². The minimum Gasteiger partial charge on any atom is -0.391 e. The van der Waals surface area contributed by atoms with E-state index < -0.39 is 17.6 Å². The summed E-state index contributed by atoms with van der Waals surface area (Å²) in [5.74, 6) is -0.532. The molecule has 1 unspecified atom stereocenters. The number of carbonyl (C=O) groups excluding carboxylic acids is 1. The zero-order valence-electron chi connectivity index (χ0n) is 13.3. The molecule has 1 atom stereocenters. The Morgan fingerprint density at radius 2 is 2.14 bits per heavy atom. The first kappa shape index (κ1) is 16.2. The number of hydrogen-bond acceptors (Lipinski definition) is 4. The molecular weight excluding hydrogens is 282 g/mol. The van der Waals surface area contributed by atoms with Gasteiger partial charge in [-0.3, -0.25) is 14.0 Å². The summed E-state index contributed by atoms with van der Waals surface area (Å²) >= 11 is 0. The predicted octanol–water partition coefficient (Wildman–Crippen LogP) is 1.14. The average molecular weight is 303 g/mol. The van der Waals surface area contributed by atoms with Gasteiger partial charge in [-0.1, -0.05) is 20.8 Å². The summed E-state index contributed by atoms with van der Waals surface area (Å²) in [5, 5.41) is 12.5. The van der Waals surface area contributed by atoms with Crippen molar-refractivity contribution in [1.29, 1.82) is 0 Å². The van der Waals surface area contributed by atoms with Crippen LogP contribution in [0, 0.1) is 12.3 Å². The quantitative estimate of drug-likeness (QED) is 0.890. The molecule has 0 aliphatic heterocycles. The minimum atomic E-state index is -0.699. The molecule has 0 aliphatic carbocycles. The first-order valence-electron chi connectivity index (χ1n) is 7.14. The number of rotatable bonds is 3. The lowest BCUT2D eigenvalue weighted by Crippen LogP contribution is -2.41. The lowest BCUT2D eigenvalue weighted by molar-refractivity contribution is 0.0586. The molecule has 2 heterocycles. The number of aliphatic hydroxyl groups is 1. The molecule has 0 aliphatic rings. The maximum absolute atomic E-state index is 12.3. The topological polar surface area (TPSA) is 83.7 Å². The van der Waals surface area contributed by atoms with Crippen LogP contribution in [0.4, 0.5) is 0 Å². The van der Waals surface area contributed by atoms with Gasteiger partial charge in [0.15, 0.2) is 0 Å². The van der Waals surface area contributed by atoms with E-state index in [4.69, 9.17) is 0 Å². The second kappa shape index (κ2) is 5.88. The van der Waals surface area contributed by atoms with Gasteiger partial charge >= 0.3 is 0 Å². The first-order valence-corrected chi connectivity index (χ1v) is 7.14. The van der Waals surface area contributed by atoms with Gasteiger partial charge in [0.25, 0.3) is 11.5 Å². The highest BCUT2D eigenvalue weighted by atomic mass is 16.3. The van der Waals surface area contributed by atoms with Gasteiger partial charge in [-0.25, -0.2) is 4.98 Å². The summed E-state index contributed by atoms with van der Waals surface area (Å²) in [4.78, 5) is 28.6. The fourth-order valence-corrected chi connectivity index (χ4v) is 1.92. The molecule has 0 saturated carbocycles. The monoisotopic (exact) mass is 303 g/mol. The van der Waals surface area contributed by atoms with Gasteiger partial charge in [-0.05, 0) is 30.0 Å². The number of aromatic nitrogens is 2. The lowest BCUT2D eigenvalue weighted by atomic mass is 9.89. The highest BCUT2D eigenvalue weighted by Gasteiger charge is 2.23. The molecule has 6 heteroatoms. The fourth-order valence-electron chi connectivity index (χ4n) is 1.92. The predicted molar refractivity (Wildman–Crippen MR) is 84.0 cm³/mol. The molecular formula is C16H21N3O3. The van der Waals surface area contributed by atoms with E-state index in [0.29, 0.717) is 5.65 Å². The molecule has 2 aromatic rings. The summed E-state index contributed by atoms with van der Waals surface area (Å²) in [6.07, 6.45) is 2.17. The van der Waals surface area contributed by atoms with Gasteiger partial charge < -0.3 is 10.4 Å². The van der Waals surface area contributed by atoms with Gasteiger partial charge in [-0.2, -0.15) is 0 Å². The van der Waals surface area contributed by atoms with Gasteiger partial charge in [0.2, 0.25) is 0 Å². The van der Waals surface area contributed by atoms with Gasteiger partial charge in [-0.15, -0.1) is 0 Å². The maximum Gasteiger partial charge on any atom is 0.270 e. The summed E-state index contributed by atoms with van der Waals surface area (Å²) < 4.78 is 1.34. The molecule has 2 aromatic heterocycles. The Bertz CT molecular complexity index is 759. The highest BCUT2D eigenvalue weighted by molar-refractivity contribution is 5.93. The van der Waals surface area contributed by atoms with Crippen molar-refractivity contribution in [1.82, 2.24) is 14.7 Å². The Morgan fingerprint density at radius 3 is 2.77 bits per heavy atom. The molecule has 0 aromatic carbocycles. The Morgan fingerprint density at radius 1 is 1.45 bits per heavy atom. The third-order valence-corrected chi connectivity index (χ3v) is 3.57. The first-order chi connectivity index (χ1) is 10.2. The van der Waals surface area contributed by atoms with Crippen LogP contribution in [0.15, 0.2) is 29.3 Å². The lowest BCUT2D eigenvalue weighted by Gasteiger charge is -2.25. The molecule has 0 saturated heterocycles. The Kier molecular flexibility index (Phi) is 4.32. The van der Waals surface area contributed by atoms with E-state index >= 15 is 0 Å². The number of nitrogens with one attached hydrogen (secondary N) is 1. The largest absolute Gasteiger partial charge is 0.391 e. The van der Waals surface area contributed by atoms with Crippen molar-refractivity contribution in [2.24, 2.45) is 5.41 Å². The number of pyridine rings is 1. The minimum absolute atomic E-state index is 0.0394. The molecule has 0 spiro atoms. The second-order valence-corrected chi connectivity index (χ2v) is 6.50. The average Bonchev–Trinajstić information content (AvgIpc) is 2.43. The van der Waals surface area contributed by atoms with E-state index in [0.717, 1.165) is 5.56 Å². The zero-order valence-corrected chi connectivity index (χ0v) is 13.3. The highest BCUT2D eigenvalue weighted by Crippen LogP contribution is 2.18. The number of aryl methyl sites for hydroxylation is 1. The third kappa shape index (κ3) is 3.33. The number of fused-ring (bicyclic) bond motifs is 1. The molecule has 118 valence electrons. The zero-order chi connectivity index (χ0) is 16.5. The van der Waals surface area contributed by atoms with Crippen LogP contribution in [-0.2, 0) is 0 Å². The third-order valence-electron chi connectivity index (χ3n) is 3.57. The second-order valence-electron chi connectivity index (χ2n) is 6.50. The molecule has 1 amide bonds. The smallest absolute Gasteiger partial charge is 0.270 e. The molecule has 0 fully saturated rings. The van der Waals surface area contributed by atoms with E-state index in [2.05, 4.69) is 10.3 Å². The molecule has 2 N–H and O–H groups in total. The van der Waals surface area contributed by atoms with Crippen LogP contribution in [0.5, 0.6) is 0 Å². The van der Waals surface area contributed by atoms with Crippen LogP contribution in [0.3, 0.4) is 0 Å². The van der Waals surface area contributed by atoms with Crippen molar-refractivity contribution in [2.45, 2.75) is 33.8 Å². The van der Waals surface area contributed by atoms with Crippen LogP contribution >= 0.6 is 0 Å². The van der Waals surface area contributed by atoms with Crippen molar-refractivity contribution in [3.05, 3.63) is 46.0 Å². The maximum atomic E-state index is 12.3. The SMILES string of the molecule is Cc1ccn2c(=O)c(C(=O)NCC(O)C(C)(C)C)cnc2c1. The van der Waals surface area contributed by atoms with Crippen molar-refractivity contribution in [3.63, 3.8) is 0 Å². The summed E-state index contributed by atoms with van der Waals surface area (Å²) in [6.45, 7) is 7.61.